The highest BCUT2D eigenvalue weighted by atomic mass is 19.1. The molecular formula is C25H23FN8O. The van der Waals surface area contributed by atoms with Crippen molar-refractivity contribution >= 4 is 22.5 Å². The van der Waals surface area contributed by atoms with E-state index in [0.29, 0.717) is 35.2 Å². The minimum atomic E-state index is -0.477. The van der Waals surface area contributed by atoms with Gasteiger partial charge in [0.15, 0.2) is 0 Å². The monoisotopic (exact) mass is 470 g/mol. The Morgan fingerprint density at radius 1 is 1.03 bits per heavy atom. The third kappa shape index (κ3) is 4.72. The molecule has 0 aliphatic heterocycles. The predicted octanol–water partition coefficient (Wildman–Crippen LogP) is 3.08. The summed E-state index contributed by atoms with van der Waals surface area (Å²) in [4.78, 5) is 20.9. The number of nitrogens with two attached hydrogens (primary N) is 1. The maximum absolute atomic E-state index is 14.9. The van der Waals surface area contributed by atoms with Gasteiger partial charge >= 0.3 is 0 Å². The predicted molar refractivity (Wildman–Crippen MR) is 129 cm³/mol. The second kappa shape index (κ2) is 9.34. The Kier molecular flexibility index (Phi) is 5.92. The Morgan fingerprint density at radius 3 is 2.54 bits per heavy atom. The van der Waals surface area contributed by atoms with Crippen LogP contribution in [-0.2, 0) is 19.6 Å². The summed E-state index contributed by atoms with van der Waals surface area (Å²) in [5.41, 5.74) is 8.31. The lowest BCUT2D eigenvalue weighted by Gasteiger charge is -2.08. The van der Waals surface area contributed by atoms with Crippen molar-refractivity contribution in [3.63, 3.8) is 0 Å². The van der Waals surface area contributed by atoms with E-state index in [4.69, 9.17) is 5.73 Å². The molecule has 2 aromatic carbocycles. The number of anilines is 1. The molecular weight excluding hydrogens is 447 g/mol. The van der Waals surface area contributed by atoms with Crippen LogP contribution in [0.15, 0.2) is 67.1 Å². The fraction of sp³-hybridized carbons (Fsp3) is 0.160. The van der Waals surface area contributed by atoms with Crippen LogP contribution in [0.4, 0.5) is 10.2 Å². The van der Waals surface area contributed by atoms with Crippen molar-refractivity contribution in [1.82, 2.24) is 34.8 Å². The van der Waals surface area contributed by atoms with Crippen LogP contribution in [0.1, 0.15) is 33.1 Å². The molecule has 3 N–H and O–H groups in total. The smallest absolute Gasteiger partial charge is 0.291 e. The molecule has 1 amide bonds. The van der Waals surface area contributed by atoms with Crippen molar-refractivity contribution in [2.24, 2.45) is 0 Å². The van der Waals surface area contributed by atoms with E-state index >= 15 is 0 Å². The van der Waals surface area contributed by atoms with Crippen LogP contribution < -0.4 is 11.1 Å². The van der Waals surface area contributed by atoms with Crippen LogP contribution in [0.5, 0.6) is 0 Å². The normalized spacial score (nSPS) is 11.1. The number of rotatable bonds is 7. The van der Waals surface area contributed by atoms with E-state index in [9.17, 15) is 9.18 Å². The zero-order valence-electron chi connectivity index (χ0n) is 19.0. The van der Waals surface area contributed by atoms with E-state index in [-0.39, 0.29) is 18.2 Å². The topological polar surface area (TPSA) is 117 Å². The fourth-order valence-corrected chi connectivity index (χ4v) is 3.85. The summed E-state index contributed by atoms with van der Waals surface area (Å²) in [6.07, 6.45) is 5.12. The molecule has 176 valence electrons. The highest BCUT2D eigenvalue weighted by Gasteiger charge is 2.16. The molecule has 5 rings (SSSR count). The number of hydrogen-bond acceptors (Lipinski definition) is 6. The van der Waals surface area contributed by atoms with Crippen LogP contribution in [0.2, 0.25) is 0 Å². The molecule has 0 saturated heterocycles. The Hall–Kier alpha value is -4.60. The van der Waals surface area contributed by atoms with Gasteiger partial charge in [0.1, 0.15) is 17.5 Å². The fourth-order valence-electron chi connectivity index (χ4n) is 3.85. The van der Waals surface area contributed by atoms with Gasteiger partial charge in [-0.3, -0.25) is 9.48 Å². The number of nitrogens with zero attached hydrogens (tertiary/aromatic N) is 6. The number of nitrogen functional groups attached to an aromatic ring is 1. The lowest BCUT2D eigenvalue weighted by Crippen LogP contribution is -2.24. The van der Waals surface area contributed by atoms with Gasteiger partial charge in [-0.15, -0.1) is 5.10 Å². The molecule has 9 nitrogen and oxygen atoms in total. The van der Waals surface area contributed by atoms with Crippen LogP contribution in [0.3, 0.4) is 0 Å². The van der Waals surface area contributed by atoms with E-state index in [1.165, 1.54) is 6.20 Å². The summed E-state index contributed by atoms with van der Waals surface area (Å²) in [5, 5.41) is 12.2. The first-order valence-corrected chi connectivity index (χ1v) is 11.0. The molecule has 10 heteroatoms. The molecule has 5 aromatic rings. The van der Waals surface area contributed by atoms with Crippen LogP contribution in [-0.4, -0.2) is 35.4 Å². The zero-order valence-corrected chi connectivity index (χ0v) is 19.0. The largest absolute Gasteiger partial charge is 0.383 e. The van der Waals surface area contributed by atoms with Gasteiger partial charge in [0, 0.05) is 41.5 Å². The second-order valence-corrected chi connectivity index (χ2v) is 8.17. The van der Waals surface area contributed by atoms with Gasteiger partial charge in [0.2, 0.25) is 5.82 Å². The first-order chi connectivity index (χ1) is 17.0. The van der Waals surface area contributed by atoms with Crippen molar-refractivity contribution < 1.29 is 9.18 Å². The number of aryl methyl sites for hydroxylation is 1. The van der Waals surface area contributed by atoms with Crippen molar-refractivity contribution in [2.45, 2.75) is 26.6 Å². The van der Waals surface area contributed by atoms with Gasteiger partial charge < -0.3 is 11.1 Å². The average molecular weight is 471 g/mol. The Labute approximate surface area is 200 Å². The summed E-state index contributed by atoms with van der Waals surface area (Å²) in [6, 6.07) is 14.8. The maximum atomic E-state index is 14.9. The quantitative estimate of drug-likeness (QED) is 0.378. The van der Waals surface area contributed by atoms with Crippen molar-refractivity contribution in [2.75, 3.05) is 5.73 Å². The van der Waals surface area contributed by atoms with Crippen LogP contribution in [0, 0.1) is 12.7 Å². The number of pyridine rings is 1. The number of fused-ring (bicyclic) bond motifs is 1. The summed E-state index contributed by atoms with van der Waals surface area (Å²) in [6.45, 7) is 2.95. The van der Waals surface area contributed by atoms with Gasteiger partial charge in [0.05, 0.1) is 13.1 Å². The van der Waals surface area contributed by atoms with Gasteiger partial charge in [-0.25, -0.2) is 19.0 Å². The molecule has 0 radical (unpaired) electrons. The number of hydrogen-bond donors (Lipinski definition) is 2. The zero-order chi connectivity index (χ0) is 24.4. The molecule has 0 aliphatic carbocycles. The van der Waals surface area contributed by atoms with E-state index in [2.05, 4.69) is 25.5 Å². The minimum Gasteiger partial charge on any atom is -0.383 e. The van der Waals surface area contributed by atoms with Crippen molar-refractivity contribution in [3.05, 3.63) is 101 Å². The number of benzene rings is 2. The number of amides is 1. The summed E-state index contributed by atoms with van der Waals surface area (Å²) >= 11 is 0. The number of halogens is 1. The molecule has 0 bridgehead atoms. The van der Waals surface area contributed by atoms with E-state index < -0.39 is 11.7 Å². The molecule has 3 heterocycles. The molecule has 0 aliphatic rings. The molecule has 3 aromatic heterocycles. The maximum Gasteiger partial charge on any atom is 0.291 e. The van der Waals surface area contributed by atoms with Crippen LogP contribution in [0.25, 0.3) is 10.8 Å². The third-order valence-corrected chi connectivity index (χ3v) is 5.75. The Morgan fingerprint density at radius 2 is 1.80 bits per heavy atom. The molecule has 35 heavy (non-hydrogen) atoms. The van der Waals surface area contributed by atoms with Gasteiger partial charge in [-0.1, -0.05) is 36.4 Å². The van der Waals surface area contributed by atoms with E-state index in [1.807, 2.05) is 41.2 Å². The van der Waals surface area contributed by atoms with E-state index in [1.54, 1.807) is 36.0 Å². The molecule has 0 unspecified atom stereocenters. The van der Waals surface area contributed by atoms with E-state index in [0.717, 1.165) is 11.1 Å². The van der Waals surface area contributed by atoms with Gasteiger partial charge in [-0.05, 0) is 30.2 Å². The van der Waals surface area contributed by atoms with Crippen molar-refractivity contribution in [3.8, 4) is 0 Å². The number of carbonyl (C=O) groups is 1. The van der Waals surface area contributed by atoms with Gasteiger partial charge in [-0.2, -0.15) is 5.10 Å². The minimum absolute atomic E-state index is 0.00582. The lowest BCUT2D eigenvalue weighted by atomic mass is 10.1. The molecule has 0 saturated carbocycles. The number of carbonyl (C=O) groups excluding carboxylic acids is 1. The number of nitrogens with one attached hydrogen (secondary N) is 1. The lowest BCUT2D eigenvalue weighted by molar-refractivity contribution is 0.0940. The first kappa shape index (κ1) is 22.2. The Balaban J connectivity index is 1.24. The first-order valence-electron chi connectivity index (χ1n) is 11.0. The van der Waals surface area contributed by atoms with Crippen LogP contribution >= 0.6 is 0 Å². The summed E-state index contributed by atoms with van der Waals surface area (Å²) in [5.74, 6) is -0.0180. The SMILES string of the molecule is Cc1nc(C(=O)NCc2ccc3c(N)nccc3c2F)nn1Cc1ccc(Cn2cccn2)cc1. The third-order valence-electron chi connectivity index (χ3n) is 5.75. The van der Waals surface area contributed by atoms with Gasteiger partial charge in [0.25, 0.3) is 5.91 Å². The summed E-state index contributed by atoms with van der Waals surface area (Å²) < 4.78 is 18.4. The standard InChI is InChI=1S/C25H23FN8O/c1-16-31-24(25(35)29-13-19-7-8-21-20(22(19)26)9-11-28-23(21)27)32-34(16)15-18-5-3-17(4-6-18)14-33-12-2-10-30-33/h2-12H,13-15H2,1H3,(H2,27,28)(H,29,35). The molecule has 0 atom stereocenters. The highest BCUT2D eigenvalue weighted by Crippen LogP contribution is 2.24. The average Bonchev–Trinajstić information content (AvgIpc) is 3.50. The second-order valence-electron chi connectivity index (χ2n) is 8.17. The van der Waals surface area contributed by atoms with Crippen molar-refractivity contribution in [1.29, 1.82) is 0 Å². The molecule has 0 fully saturated rings. The summed E-state index contributed by atoms with van der Waals surface area (Å²) in [7, 11) is 0. The Bertz CT molecular complexity index is 1490. The number of aromatic nitrogens is 6. The molecule has 0 spiro atoms. The highest BCUT2D eigenvalue weighted by molar-refractivity contribution is 5.92.